The van der Waals surface area contributed by atoms with Crippen molar-refractivity contribution < 1.29 is 4.74 Å². The monoisotopic (exact) mass is 423 g/mol. The molecule has 0 radical (unpaired) electrons. The quantitative estimate of drug-likeness (QED) is 0.579. The van der Waals surface area contributed by atoms with Crippen LogP contribution in [0.2, 0.25) is 0 Å². The molecule has 6 nitrogen and oxygen atoms in total. The van der Waals surface area contributed by atoms with Crippen LogP contribution < -0.4 is 4.90 Å². The van der Waals surface area contributed by atoms with Gasteiger partial charge >= 0.3 is 0 Å². The molecule has 1 fully saturated rings. The molecule has 0 unspecified atom stereocenters. The van der Waals surface area contributed by atoms with Crippen molar-refractivity contribution in [2.45, 2.75) is 33.4 Å². The third kappa shape index (κ3) is 5.22. The first-order valence-corrected chi connectivity index (χ1v) is 11.3. The molecule has 0 amide bonds. The van der Waals surface area contributed by atoms with Gasteiger partial charge in [0.25, 0.3) is 0 Å². The van der Waals surface area contributed by atoms with E-state index in [2.05, 4.69) is 58.4 Å². The third-order valence-corrected chi connectivity index (χ3v) is 6.23. The maximum atomic E-state index is 5.44. The molecule has 1 aliphatic heterocycles. The summed E-state index contributed by atoms with van der Waals surface area (Å²) in [5, 5.41) is 3.34. The molecule has 3 aromatic rings. The summed E-state index contributed by atoms with van der Waals surface area (Å²) >= 11 is 1.74. The summed E-state index contributed by atoms with van der Waals surface area (Å²) < 4.78 is 5.44. The molecule has 0 aliphatic carbocycles. The van der Waals surface area contributed by atoms with Gasteiger partial charge in [-0.15, -0.1) is 11.3 Å². The van der Waals surface area contributed by atoms with E-state index in [1.807, 2.05) is 13.0 Å². The summed E-state index contributed by atoms with van der Waals surface area (Å²) in [6.07, 6.45) is 0.825. The molecule has 1 aliphatic rings. The fourth-order valence-corrected chi connectivity index (χ4v) is 4.63. The highest BCUT2D eigenvalue weighted by molar-refractivity contribution is 7.09. The SMILES string of the molecule is Cc1nc(C)c(Cc2ccccc2)c(N(C)Cc2csc(CN3CCOCC3)n2)n1. The second-order valence-electron chi connectivity index (χ2n) is 7.80. The van der Waals surface area contributed by atoms with Gasteiger partial charge in [-0.3, -0.25) is 4.90 Å². The number of ether oxygens (including phenoxy) is 1. The molecule has 0 saturated carbocycles. The minimum absolute atomic E-state index is 0.733. The number of rotatable bonds is 7. The van der Waals surface area contributed by atoms with Crippen molar-refractivity contribution >= 4 is 17.2 Å². The number of morpholine rings is 1. The molecule has 4 rings (SSSR count). The molecule has 0 spiro atoms. The Morgan fingerprint density at radius 3 is 2.60 bits per heavy atom. The molecule has 30 heavy (non-hydrogen) atoms. The first-order chi connectivity index (χ1) is 14.6. The van der Waals surface area contributed by atoms with Crippen LogP contribution in [0.4, 0.5) is 5.82 Å². The van der Waals surface area contributed by atoms with Crippen LogP contribution in [0, 0.1) is 13.8 Å². The van der Waals surface area contributed by atoms with Gasteiger partial charge < -0.3 is 9.64 Å². The average molecular weight is 424 g/mol. The zero-order valence-electron chi connectivity index (χ0n) is 18.0. The standard InChI is InChI=1S/C23H29N5OS/c1-17-21(13-19-7-5-4-6-8-19)23(25-18(2)24-17)27(3)14-20-16-30-22(26-20)15-28-9-11-29-12-10-28/h4-8,16H,9-15H2,1-3H3. The Kier molecular flexibility index (Phi) is 6.72. The van der Waals surface area contributed by atoms with Gasteiger partial charge in [0.15, 0.2) is 0 Å². The van der Waals surface area contributed by atoms with Gasteiger partial charge in [0, 0.05) is 43.2 Å². The minimum atomic E-state index is 0.733. The van der Waals surface area contributed by atoms with Crippen LogP contribution in [0.25, 0.3) is 0 Å². The van der Waals surface area contributed by atoms with E-state index in [9.17, 15) is 0 Å². The summed E-state index contributed by atoms with van der Waals surface area (Å²) in [6.45, 7) is 9.27. The second-order valence-corrected chi connectivity index (χ2v) is 8.74. The highest BCUT2D eigenvalue weighted by Crippen LogP contribution is 2.25. The maximum absolute atomic E-state index is 5.44. The summed E-state index contributed by atoms with van der Waals surface area (Å²) in [7, 11) is 2.09. The van der Waals surface area contributed by atoms with Crippen molar-refractivity contribution in [3.05, 3.63) is 69.1 Å². The number of aryl methyl sites for hydroxylation is 2. The van der Waals surface area contributed by atoms with E-state index in [1.165, 1.54) is 16.1 Å². The van der Waals surface area contributed by atoms with Gasteiger partial charge in [-0.05, 0) is 19.4 Å². The molecule has 3 heterocycles. The number of nitrogens with zero attached hydrogens (tertiary/aromatic N) is 5. The van der Waals surface area contributed by atoms with Crippen LogP contribution in [0.15, 0.2) is 35.7 Å². The van der Waals surface area contributed by atoms with Crippen LogP contribution in [-0.4, -0.2) is 53.2 Å². The van der Waals surface area contributed by atoms with Crippen molar-refractivity contribution in [1.29, 1.82) is 0 Å². The fourth-order valence-electron chi connectivity index (χ4n) is 3.80. The number of thiazole rings is 1. The topological polar surface area (TPSA) is 54.4 Å². The first-order valence-electron chi connectivity index (χ1n) is 10.4. The smallest absolute Gasteiger partial charge is 0.136 e. The minimum Gasteiger partial charge on any atom is -0.379 e. The Labute approximate surface area is 182 Å². The zero-order valence-corrected chi connectivity index (χ0v) is 18.8. The van der Waals surface area contributed by atoms with Crippen LogP contribution in [0.5, 0.6) is 0 Å². The first kappa shape index (κ1) is 20.9. The molecule has 1 saturated heterocycles. The highest BCUT2D eigenvalue weighted by Gasteiger charge is 2.17. The Hall–Kier alpha value is -2.35. The highest BCUT2D eigenvalue weighted by atomic mass is 32.1. The molecular weight excluding hydrogens is 394 g/mol. The molecule has 7 heteroatoms. The van der Waals surface area contributed by atoms with Crippen LogP contribution in [-0.2, 0) is 24.2 Å². The lowest BCUT2D eigenvalue weighted by Gasteiger charge is -2.25. The number of benzene rings is 1. The number of hydrogen-bond donors (Lipinski definition) is 0. The van der Waals surface area contributed by atoms with E-state index in [4.69, 9.17) is 14.7 Å². The Balaban J connectivity index is 1.49. The predicted molar refractivity (Wildman–Crippen MR) is 121 cm³/mol. The van der Waals surface area contributed by atoms with Gasteiger partial charge in [0.1, 0.15) is 16.6 Å². The van der Waals surface area contributed by atoms with Crippen LogP contribution in [0.1, 0.15) is 33.3 Å². The lowest BCUT2D eigenvalue weighted by molar-refractivity contribution is 0.0341. The van der Waals surface area contributed by atoms with E-state index in [0.717, 1.165) is 68.8 Å². The second kappa shape index (κ2) is 9.64. The molecule has 158 valence electrons. The van der Waals surface area contributed by atoms with Crippen molar-refractivity contribution in [3.8, 4) is 0 Å². The number of hydrogen-bond acceptors (Lipinski definition) is 7. The predicted octanol–water partition coefficient (Wildman–Crippen LogP) is 3.61. The lowest BCUT2D eigenvalue weighted by Crippen LogP contribution is -2.35. The average Bonchev–Trinajstić information content (AvgIpc) is 3.18. The van der Waals surface area contributed by atoms with E-state index >= 15 is 0 Å². The van der Waals surface area contributed by atoms with Gasteiger partial charge in [-0.1, -0.05) is 30.3 Å². The van der Waals surface area contributed by atoms with Crippen molar-refractivity contribution in [2.75, 3.05) is 38.3 Å². The van der Waals surface area contributed by atoms with Gasteiger partial charge in [-0.25, -0.2) is 15.0 Å². The van der Waals surface area contributed by atoms with Gasteiger partial charge in [0.05, 0.1) is 32.0 Å². The third-order valence-electron chi connectivity index (χ3n) is 5.35. The number of aromatic nitrogens is 3. The summed E-state index contributed by atoms with van der Waals surface area (Å²) in [5.74, 6) is 1.80. The Morgan fingerprint density at radius 2 is 1.83 bits per heavy atom. The Bertz CT molecular complexity index is 969. The molecule has 1 aromatic carbocycles. The molecule has 2 aromatic heterocycles. The number of anilines is 1. The normalized spacial score (nSPS) is 14.8. The van der Waals surface area contributed by atoms with Crippen LogP contribution in [0.3, 0.4) is 0 Å². The van der Waals surface area contributed by atoms with Crippen molar-refractivity contribution in [1.82, 2.24) is 19.9 Å². The van der Waals surface area contributed by atoms with E-state index in [1.54, 1.807) is 11.3 Å². The summed E-state index contributed by atoms with van der Waals surface area (Å²) in [4.78, 5) is 18.9. The molecule has 0 bridgehead atoms. The van der Waals surface area contributed by atoms with Gasteiger partial charge in [0.2, 0.25) is 0 Å². The Morgan fingerprint density at radius 1 is 1.07 bits per heavy atom. The molecule has 0 N–H and O–H groups in total. The van der Waals surface area contributed by atoms with E-state index < -0.39 is 0 Å². The van der Waals surface area contributed by atoms with E-state index in [0.29, 0.717) is 0 Å². The summed E-state index contributed by atoms with van der Waals surface area (Å²) in [6, 6.07) is 10.5. The maximum Gasteiger partial charge on any atom is 0.136 e. The van der Waals surface area contributed by atoms with Crippen molar-refractivity contribution in [3.63, 3.8) is 0 Å². The van der Waals surface area contributed by atoms with Gasteiger partial charge in [-0.2, -0.15) is 0 Å². The largest absolute Gasteiger partial charge is 0.379 e. The fraction of sp³-hybridized carbons (Fsp3) is 0.435. The van der Waals surface area contributed by atoms with Crippen LogP contribution >= 0.6 is 11.3 Å². The molecule has 0 atom stereocenters. The lowest BCUT2D eigenvalue weighted by atomic mass is 10.0. The summed E-state index contributed by atoms with van der Waals surface area (Å²) in [5.41, 5.74) is 4.58. The zero-order chi connectivity index (χ0) is 20.9. The van der Waals surface area contributed by atoms with E-state index in [-0.39, 0.29) is 0 Å². The van der Waals surface area contributed by atoms with Crippen molar-refractivity contribution in [2.24, 2.45) is 0 Å². The molecular formula is C23H29N5OS.